The van der Waals surface area contributed by atoms with Crippen LogP contribution in [0.5, 0.6) is 5.75 Å². The van der Waals surface area contributed by atoms with Gasteiger partial charge in [-0.2, -0.15) is 0 Å². The Labute approximate surface area is 169 Å². The van der Waals surface area contributed by atoms with Crippen LogP contribution in [-0.4, -0.2) is 44.4 Å². The molecule has 29 heavy (non-hydrogen) atoms. The second-order valence-electron chi connectivity index (χ2n) is 7.30. The first kappa shape index (κ1) is 19.0. The Morgan fingerprint density at radius 1 is 1.07 bits per heavy atom. The minimum Gasteiger partial charge on any atom is -0.504 e. The Balaban J connectivity index is 1.37. The van der Waals surface area contributed by atoms with Crippen LogP contribution in [0.25, 0.3) is 11.1 Å². The van der Waals surface area contributed by atoms with Crippen molar-refractivity contribution in [3.8, 4) is 16.9 Å². The highest BCUT2D eigenvalue weighted by Gasteiger charge is 2.23. The van der Waals surface area contributed by atoms with E-state index in [9.17, 15) is 9.90 Å². The Morgan fingerprint density at radius 2 is 1.76 bits per heavy atom. The molecule has 3 aromatic rings. The maximum atomic E-state index is 10.9. The second-order valence-corrected chi connectivity index (χ2v) is 7.30. The largest absolute Gasteiger partial charge is 0.504 e. The van der Waals surface area contributed by atoms with Crippen LogP contribution in [0.1, 0.15) is 30.1 Å². The van der Waals surface area contributed by atoms with Crippen LogP contribution in [0.3, 0.4) is 0 Å². The average molecular weight is 388 g/mol. The van der Waals surface area contributed by atoms with Gasteiger partial charge in [0, 0.05) is 37.5 Å². The number of benzene rings is 1. The zero-order chi connectivity index (χ0) is 20.2. The maximum absolute atomic E-state index is 10.9. The lowest BCUT2D eigenvalue weighted by Crippen LogP contribution is -2.35. The number of anilines is 1. The van der Waals surface area contributed by atoms with E-state index >= 15 is 0 Å². The summed E-state index contributed by atoms with van der Waals surface area (Å²) in [5.41, 5.74) is 2.47. The van der Waals surface area contributed by atoms with Gasteiger partial charge in [-0.05, 0) is 31.2 Å². The molecule has 0 spiro atoms. The number of hydrogen-bond donors (Lipinski definition) is 1. The fraction of sp³-hybridized carbons (Fsp3) is 0.318. The number of aryl methyl sites for hydroxylation is 1. The van der Waals surface area contributed by atoms with Crippen molar-refractivity contribution in [3.05, 3.63) is 59.9 Å². The van der Waals surface area contributed by atoms with Crippen molar-refractivity contribution < 1.29 is 9.90 Å². The molecule has 0 unspecified atom stereocenters. The molecule has 4 rings (SSSR count). The summed E-state index contributed by atoms with van der Waals surface area (Å²) in [4.78, 5) is 30.7. The molecule has 3 heterocycles. The molecule has 0 bridgehead atoms. The molecular formula is C22H22N5O2. The van der Waals surface area contributed by atoms with Crippen molar-refractivity contribution in [1.29, 1.82) is 0 Å². The number of aromatic nitrogens is 4. The predicted octanol–water partition coefficient (Wildman–Crippen LogP) is 2.86. The lowest BCUT2D eigenvalue weighted by atomic mass is 9.93. The topological polar surface area (TPSA) is 92.1 Å². The summed E-state index contributed by atoms with van der Waals surface area (Å²) in [5, 5.41) is 9.77. The number of hydrogen-bond acceptors (Lipinski definition) is 7. The van der Waals surface area contributed by atoms with Crippen molar-refractivity contribution >= 4 is 12.2 Å². The third-order valence-corrected chi connectivity index (χ3v) is 5.32. The van der Waals surface area contributed by atoms with Crippen molar-refractivity contribution in [2.24, 2.45) is 5.92 Å². The van der Waals surface area contributed by atoms with Crippen LogP contribution in [-0.2, 0) is 11.2 Å². The molecule has 1 aliphatic heterocycles. The van der Waals surface area contributed by atoms with Crippen molar-refractivity contribution in [2.75, 3.05) is 18.0 Å². The van der Waals surface area contributed by atoms with Gasteiger partial charge in [0.2, 0.25) is 5.95 Å². The molecule has 1 N–H and O–H groups in total. The number of aromatic hydroxyl groups is 1. The number of piperidine rings is 1. The van der Waals surface area contributed by atoms with E-state index in [0.29, 0.717) is 23.9 Å². The minimum atomic E-state index is -0.185. The Morgan fingerprint density at radius 3 is 2.41 bits per heavy atom. The second kappa shape index (κ2) is 8.34. The number of nitrogens with zero attached hydrogens (tertiary/aromatic N) is 5. The Kier molecular flexibility index (Phi) is 5.46. The molecule has 7 nitrogen and oxygen atoms in total. The molecule has 1 saturated heterocycles. The summed E-state index contributed by atoms with van der Waals surface area (Å²) >= 11 is 0. The van der Waals surface area contributed by atoms with Crippen molar-refractivity contribution in [1.82, 2.24) is 19.9 Å². The summed E-state index contributed by atoms with van der Waals surface area (Å²) in [7, 11) is 0. The zero-order valence-electron chi connectivity index (χ0n) is 16.2. The van der Waals surface area contributed by atoms with Crippen molar-refractivity contribution in [3.63, 3.8) is 0 Å². The monoisotopic (exact) mass is 388 g/mol. The summed E-state index contributed by atoms with van der Waals surface area (Å²) in [5.74, 6) is 1.56. The summed E-state index contributed by atoms with van der Waals surface area (Å²) < 4.78 is 0. The smallest absolute Gasteiger partial charge is 0.257 e. The zero-order valence-corrected chi connectivity index (χ0v) is 16.2. The highest BCUT2D eigenvalue weighted by Crippen LogP contribution is 2.25. The lowest BCUT2D eigenvalue weighted by Gasteiger charge is -2.31. The summed E-state index contributed by atoms with van der Waals surface area (Å²) in [6, 6.07) is 10.1. The number of carbonyl (C=O) groups excluding carboxylic acids is 1. The summed E-state index contributed by atoms with van der Waals surface area (Å²) in [6.07, 6.45) is 8.03. The summed E-state index contributed by atoms with van der Waals surface area (Å²) in [6.45, 7) is 3.39. The third-order valence-electron chi connectivity index (χ3n) is 5.32. The molecule has 147 valence electrons. The first-order valence-electron chi connectivity index (χ1n) is 9.71. The van der Waals surface area contributed by atoms with Crippen LogP contribution in [0.15, 0.2) is 42.7 Å². The highest BCUT2D eigenvalue weighted by atomic mass is 16.3. The minimum absolute atomic E-state index is 0.0585. The molecule has 0 amide bonds. The van der Waals surface area contributed by atoms with E-state index in [4.69, 9.17) is 0 Å². The van der Waals surface area contributed by atoms with Gasteiger partial charge in [-0.3, -0.25) is 4.79 Å². The van der Waals surface area contributed by atoms with Gasteiger partial charge in [-0.1, -0.05) is 30.3 Å². The molecule has 1 fully saturated rings. The molecule has 1 radical (unpaired) electrons. The van der Waals surface area contributed by atoms with E-state index in [0.717, 1.165) is 43.0 Å². The number of rotatable bonds is 5. The third kappa shape index (κ3) is 4.23. The van der Waals surface area contributed by atoms with Gasteiger partial charge in [0.15, 0.2) is 11.4 Å². The first-order chi connectivity index (χ1) is 14.1. The molecular weight excluding hydrogens is 366 g/mol. The van der Waals surface area contributed by atoms with Gasteiger partial charge in [-0.15, -0.1) is 0 Å². The van der Waals surface area contributed by atoms with E-state index in [-0.39, 0.29) is 11.4 Å². The van der Waals surface area contributed by atoms with Gasteiger partial charge in [-0.25, -0.2) is 19.9 Å². The molecule has 2 aromatic heterocycles. The van der Waals surface area contributed by atoms with Gasteiger partial charge in [0.05, 0.1) is 5.69 Å². The maximum Gasteiger partial charge on any atom is 0.257 e. The van der Waals surface area contributed by atoms with Gasteiger partial charge in [0.1, 0.15) is 5.82 Å². The van der Waals surface area contributed by atoms with Gasteiger partial charge in [0.25, 0.3) is 6.29 Å². The fourth-order valence-corrected chi connectivity index (χ4v) is 3.65. The lowest BCUT2D eigenvalue weighted by molar-refractivity contribution is 0.391. The van der Waals surface area contributed by atoms with E-state index in [2.05, 4.69) is 24.8 Å². The van der Waals surface area contributed by atoms with E-state index in [1.165, 1.54) is 0 Å². The molecule has 7 heteroatoms. The Bertz CT molecular complexity index is 984. The van der Waals surface area contributed by atoms with Gasteiger partial charge >= 0.3 is 0 Å². The van der Waals surface area contributed by atoms with Crippen molar-refractivity contribution in [2.45, 2.75) is 26.2 Å². The molecule has 0 aliphatic carbocycles. The molecule has 1 aliphatic rings. The van der Waals surface area contributed by atoms with E-state index < -0.39 is 0 Å². The van der Waals surface area contributed by atoms with Crippen LogP contribution < -0.4 is 4.90 Å². The first-order valence-corrected chi connectivity index (χ1v) is 9.71. The van der Waals surface area contributed by atoms with E-state index in [1.54, 1.807) is 13.2 Å². The van der Waals surface area contributed by atoms with Crippen LogP contribution in [0, 0.1) is 12.8 Å². The van der Waals surface area contributed by atoms with Gasteiger partial charge < -0.3 is 10.0 Å². The molecule has 1 aromatic carbocycles. The van der Waals surface area contributed by atoms with Crippen LogP contribution in [0.4, 0.5) is 5.95 Å². The predicted molar refractivity (Wildman–Crippen MR) is 109 cm³/mol. The van der Waals surface area contributed by atoms with E-state index in [1.807, 2.05) is 42.7 Å². The van der Waals surface area contributed by atoms with Crippen LogP contribution >= 0.6 is 0 Å². The fourth-order valence-electron chi connectivity index (χ4n) is 3.65. The normalized spacial score (nSPS) is 14.7. The average Bonchev–Trinajstić information content (AvgIpc) is 2.77. The Hall–Kier alpha value is -3.35. The quantitative estimate of drug-likeness (QED) is 0.718. The SMILES string of the molecule is Cc1nc(CC2CCN(c3ncc(-c4ccccc4)cn3)CC2)nc([C]=O)c1O. The molecule has 0 atom stereocenters. The highest BCUT2D eigenvalue weighted by molar-refractivity contribution is 5.76. The standard InChI is InChI=1S/C22H22N5O2/c1-15-21(29)19(14-28)26-20(25-15)11-16-7-9-27(10-8-16)22-23-12-18(13-24-22)17-5-3-2-4-6-17/h2-6,12-13,16,29H,7-11H2,1H3. The molecule has 0 saturated carbocycles. The van der Waals surface area contributed by atoms with Crippen LogP contribution in [0.2, 0.25) is 0 Å².